The Morgan fingerprint density at radius 1 is 1.33 bits per heavy atom. The maximum absolute atomic E-state index is 6.19. The molecule has 1 nitrogen and oxygen atoms in total. The largest absolute Gasteiger partial charge is 0.253 e. The highest BCUT2D eigenvalue weighted by Gasteiger charge is 2.05. The van der Waals surface area contributed by atoms with Gasteiger partial charge in [-0.05, 0) is 25.0 Å². The molecule has 78 valence electrons. The summed E-state index contributed by atoms with van der Waals surface area (Å²) in [6.45, 7) is 4.16. The summed E-state index contributed by atoms with van der Waals surface area (Å²) >= 11 is 6.19. The highest BCUT2D eigenvalue weighted by atomic mass is 35.5. The Balaban J connectivity index is 2.73. The molecule has 0 atom stereocenters. The van der Waals surface area contributed by atoms with Crippen molar-refractivity contribution in [2.45, 2.75) is 26.7 Å². The van der Waals surface area contributed by atoms with Crippen LogP contribution in [0.2, 0.25) is 5.02 Å². The molecule has 0 aliphatic heterocycles. The Morgan fingerprint density at radius 3 is 2.87 bits per heavy atom. The van der Waals surface area contributed by atoms with Crippen LogP contribution in [0.15, 0.2) is 24.3 Å². The molecular weight excluding hydrogens is 206 g/mol. The second-order valence-corrected chi connectivity index (χ2v) is 4.22. The number of fused-ring (bicyclic) bond motifs is 1. The molecule has 0 amide bonds. The minimum Gasteiger partial charge on any atom is -0.253 e. The lowest BCUT2D eigenvalue weighted by Gasteiger charge is -2.06. The van der Waals surface area contributed by atoms with E-state index in [-0.39, 0.29) is 0 Å². The number of hydrogen-bond donors (Lipinski definition) is 0. The molecule has 0 saturated carbocycles. The number of benzene rings is 1. The van der Waals surface area contributed by atoms with E-state index in [1.54, 1.807) is 0 Å². The van der Waals surface area contributed by atoms with Gasteiger partial charge in [0.05, 0.1) is 10.5 Å². The number of nitrogens with zero attached hydrogens (tertiary/aromatic N) is 1. The van der Waals surface area contributed by atoms with Gasteiger partial charge in [-0.2, -0.15) is 0 Å². The lowest BCUT2D eigenvalue weighted by atomic mass is 10.1. The first-order valence-electron chi connectivity index (χ1n) is 5.27. The number of pyridine rings is 1. The van der Waals surface area contributed by atoms with Gasteiger partial charge in [0.15, 0.2) is 0 Å². The minimum absolute atomic E-state index is 0.801. The van der Waals surface area contributed by atoms with Gasteiger partial charge in [-0.25, -0.2) is 0 Å². The zero-order valence-electron chi connectivity index (χ0n) is 9.05. The van der Waals surface area contributed by atoms with Gasteiger partial charge in [0.1, 0.15) is 0 Å². The Bertz CT molecular complexity index is 491. The average molecular weight is 220 g/mol. The predicted molar refractivity (Wildman–Crippen MR) is 65.5 cm³/mol. The van der Waals surface area contributed by atoms with Crippen LogP contribution in [0.5, 0.6) is 0 Å². The van der Waals surface area contributed by atoms with E-state index < -0.39 is 0 Å². The second-order valence-electron chi connectivity index (χ2n) is 3.81. The lowest BCUT2D eigenvalue weighted by molar-refractivity contribution is 0.925. The van der Waals surface area contributed by atoms with Gasteiger partial charge in [0.25, 0.3) is 0 Å². The Labute approximate surface area is 95.1 Å². The molecule has 1 aromatic carbocycles. The van der Waals surface area contributed by atoms with Crippen molar-refractivity contribution >= 4 is 22.5 Å². The van der Waals surface area contributed by atoms with Gasteiger partial charge in [0, 0.05) is 11.1 Å². The van der Waals surface area contributed by atoms with Crippen molar-refractivity contribution in [2.75, 3.05) is 0 Å². The van der Waals surface area contributed by atoms with Crippen molar-refractivity contribution < 1.29 is 0 Å². The fourth-order valence-corrected chi connectivity index (χ4v) is 2.17. The molecule has 2 aromatic rings. The first-order chi connectivity index (χ1) is 7.22. The number of aryl methyl sites for hydroxylation is 2. The first-order valence-corrected chi connectivity index (χ1v) is 5.65. The van der Waals surface area contributed by atoms with Crippen LogP contribution in [0.4, 0.5) is 0 Å². The molecule has 1 heterocycles. The maximum atomic E-state index is 6.19. The normalized spacial score (nSPS) is 10.9. The van der Waals surface area contributed by atoms with Gasteiger partial charge in [-0.15, -0.1) is 0 Å². The van der Waals surface area contributed by atoms with Crippen LogP contribution in [0.1, 0.15) is 24.6 Å². The maximum Gasteiger partial charge on any atom is 0.0752 e. The zero-order valence-corrected chi connectivity index (χ0v) is 9.80. The number of rotatable bonds is 2. The highest BCUT2D eigenvalue weighted by molar-refractivity contribution is 6.35. The van der Waals surface area contributed by atoms with Crippen LogP contribution in [0.25, 0.3) is 10.9 Å². The van der Waals surface area contributed by atoms with E-state index in [2.05, 4.69) is 24.0 Å². The van der Waals surface area contributed by atoms with E-state index >= 15 is 0 Å². The fourth-order valence-electron chi connectivity index (χ4n) is 1.86. The molecule has 0 bridgehead atoms. The number of hydrogen-bond acceptors (Lipinski definition) is 1. The van der Waals surface area contributed by atoms with Crippen LogP contribution >= 0.6 is 11.6 Å². The summed E-state index contributed by atoms with van der Waals surface area (Å²) in [4.78, 5) is 4.57. The molecular formula is C13H14ClN. The lowest BCUT2D eigenvalue weighted by Crippen LogP contribution is -1.91. The van der Waals surface area contributed by atoms with E-state index in [9.17, 15) is 0 Å². The smallest absolute Gasteiger partial charge is 0.0752 e. The molecule has 0 saturated heterocycles. The molecule has 0 N–H and O–H groups in total. The Morgan fingerprint density at radius 2 is 2.13 bits per heavy atom. The van der Waals surface area contributed by atoms with E-state index in [4.69, 9.17) is 11.6 Å². The Kier molecular flexibility index (Phi) is 2.92. The first kappa shape index (κ1) is 10.4. The van der Waals surface area contributed by atoms with E-state index in [1.807, 2.05) is 19.1 Å². The molecule has 2 rings (SSSR count). The van der Waals surface area contributed by atoms with Crippen molar-refractivity contribution in [3.05, 3.63) is 40.5 Å². The van der Waals surface area contributed by atoms with Gasteiger partial charge < -0.3 is 0 Å². The van der Waals surface area contributed by atoms with Crippen LogP contribution in [0.3, 0.4) is 0 Å². The van der Waals surface area contributed by atoms with Gasteiger partial charge in [-0.3, -0.25) is 4.98 Å². The summed E-state index contributed by atoms with van der Waals surface area (Å²) < 4.78 is 0. The van der Waals surface area contributed by atoms with E-state index in [1.165, 1.54) is 5.56 Å². The van der Waals surface area contributed by atoms with Crippen LogP contribution in [-0.4, -0.2) is 4.98 Å². The number of aromatic nitrogens is 1. The summed E-state index contributed by atoms with van der Waals surface area (Å²) in [6, 6.07) is 8.13. The minimum atomic E-state index is 0.801. The second kappa shape index (κ2) is 4.19. The van der Waals surface area contributed by atoms with Crippen molar-refractivity contribution in [2.24, 2.45) is 0 Å². The summed E-state index contributed by atoms with van der Waals surface area (Å²) in [5, 5.41) is 1.86. The SMILES string of the molecule is CCCc1cccc2c(Cl)cc(C)nc12. The predicted octanol–water partition coefficient (Wildman–Crippen LogP) is 4.15. The van der Waals surface area contributed by atoms with Crippen LogP contribution in [0, 0.1) is 6.92 Å². The topological polar surface area (TPSA) is 12.9 Å². The van der Waals surface area contributed by atoms with Gasteiger partial charge >= 0.3 is 0 Å². The fraction of sp³-hybridized carbons (Fsp3) is 0.308. The standard InChI is InChI=1S/C13H14ClN/c1-3-5-10-6-4-7-11-12(14)8-9(2)15-13(10)11/h4,6-8H,3,5H2,1-2H3. The van der Waals surface area contributed by atoms with Crippen molar-refractivity contribution in [1.29, 1.82) is 0 Å². The molecule has 2 heteroatoms. The molecule has 0 aliphatic rings. The Hall–Kier alpha value is -1.08. The van der Waals surface area contributed by atoms with Crippen LogP contribution < -0.4 is 0 Å². The van der Waals surface area contributed by atoms with Gasteiger partial charge in [0.2, 0.25) is 0 Å². The average Bonchev–Trinajstić information content (AvgIpc) is 2.19. The number of halogens is 1. The monoisotopic (exact) mass is 219 g/mol. The van der Waals surface area contributed by atoms with E-state index in [0.717, 1.165) is 34.5 Å². The quantitative estimate of drug-likeness (QED) is 0.740. The third-order valence-electron chi connectivity index (χ3n) is 2.52. The summed E-state index contributed by atoms with van der Waals surface area (Å²) in [6.07, 6.45) is 2.19. The molecule has 15 heavy (non-hydrogen) atoms. The van der Waals surface area contributed by atoms with Crippen molar-refractivity contribution in [3.63, 3.8) is 0 Å². The zero-order chi connectivity index (χ0) is 10.8. The third-order valence-corrected chi connectivity index (χ3v) is 2.83. The highest BCUT2D eigenvalue weighted by Crippen LogP contribution is 2.25. The van der Waals surface area contributed by atoms with Crippen molar-refractivity contribution in [1.82, 2.24) is 4.98 Å². The molecule has 0 fully saturated rings. The summed E-state index contributed by atoms with van der Waals surface area (Å²) in [7, 11) is 0. The van der Waals surface area contributed by atoms with Crippen LogP contribution in [-0.2, 0) is 6.42 Å². The van der Waals surface area contributed by atoms with E-state index in [0.29, 0.717) is 0 Å². The summed E-state index contributed by atoms with van der Waals surface area (Å²) in [5.41, 5.74) is 3.33. The molecule has 0 spiro atoms. The third kappa shape index (κ3) is 1.98. The van der Waals surface area contributed by atoms with Crippen molar-refractivity contribution in [3.8, 4) is 0 Å². The molecule has 1 aromatic heterocycles. The molecule has 0 radical (unpaired) electrons. The number of para-hydroxylation sites is 1. The molecule has 0 aliphatic carbocycles. The summed E-state index contributed by atoms with van der Waals surface area (Å²) in [5.74, 6) is 0. The molecule has 0 unspecified atom stereocenters. The van der Waals surface area contributed by atoms with Gasteiger partial charge in [-0.1, -0.05) is 43.1 Å².